The lowest BCUT2D eigenvalue weighted by Gasteiger charge is -2.50. The van der Waals surface area contributed by atoms with Crippen LogP contribution >= 0.6 is 0 Å². The van der Waals surface area contributed by atoms with Gasteiger partial charge in [0, 0.05) is 44.4 Å². The van der Waals surface area contributed by atoms with Gasteiger partial charge in [0.05, 0.1) is 23.1 Å². The zero-order valence-corrected chi connectivity index (χ0v) is 25.5. The summed E-state index contributed by atoms with van der Waals surface area (Å²) in [6, 6.07) is 0.189. The maximum atomic E-state index is 14.1. The minimum absolute atomic E-state index is 0.00977. The molecule has 4 atom stereocenters. The fraction of sp³-hybridized carbons (Fsp3) is 0.533. The monoisotopic (exact) mass is 649 g/mol. The van der Waals surface area contributed by atoms with E-state index >= 15 is 0 Å². The Balaban J connectivity index is 1.64. The smallest absolute Gasteiger partial charge is 0.391 e. The number of nitrogens with two attached hydrogens (primary N) is 1. The average molecular weight is 650 g/mol. The van der Waals surface area contributed by atoms with Crippen molar-refractivity contribution in [2.45, 2.75) is 43.5 Å². The van der Waals surface area contributed by atoms with Gasteiger partial charge in [0.15, 0.2) is 5.60 Å². The van der Waals surface area contributed by atoms with Gasteiger partial charge in [-0.25, -0.2) is 0 Å². The number of ketones is 2. The lowest BCUT2D eigenvalue weighted by atomic mass is 9.56. The van der Waals surface area contributed by atoms with Crippen LogP contribution in [-0.2, 0) is 20.8 Å². The fourth-order valence-electron chi connectivity index (χ4n) is 7.54. The van der Waals surface area contributed by atoms with Crippen molar-refractivity contribution in [1.29, 1.82) is 0 Å². The molecule has 1 aliphatic heterocycles. The number of likely N-dealkylation sites (tertiary alicyclic amines) is 1. The van der Waals surface area contributed by atoms with E-state index in [1.807, 2.05) is 0 Å². The molecule has 0 spiro atoms. The maximum absolute atomic E-state index is 14.1. The van der Waals surface area contributed by atoms with E-state index in [0.717, 1.165) is 0 Å². The molecule has 0 bridgehead atoms. The third-order valence-corrected chi connectivity index (χ3v) is 9.75. The van der Waals surface area contributed by atoms with Crippen LogP contribution in [0.15, 0.2) is 28.1 Å². The molecule has 13 nitrogen and oxygen atoms in total. The van der Waals surface area contributed by atoms with Crippen molar-refractivity contribution in [3.05, 3.63) is 44.5 Å². The number of carbonyl (C=O) groups excluding carboxylic acids is 4. The second kappa shape index (κ2) is 11.2. The number of Topliss-reactive ketones (excluding diaryl/α,β-unsaturated/α-hetero) is 2. The number of alkyl halides is 3. The Bertz CT molecular complexity index is 1630. The number of nitrogens with zero attached hydrogens (tertiary/aromatic N) is 4. The second-order valence-corrected chi connectivity index (χ2v) is 12.7. The number of phenolic OH excluding ortho intramolecular Hbond substituents is 1. The number of piperidine rings is 1. The number of fused-ring (bicyclic) bond motifs is 3. The summed E-state index contributed by atoms with van der Waals surface area (Å²) in [5, 5.41) is 37.7. The summed E-state index contributed by atoms with van der Waals surface area (Å²) in [6.07, 6.45) is -5.19. The number of nitroso groups, excluding NO2 is 1. The summed E-state index contributed by atoms with van der Waals surface area (Å²) < 4.78 is 39.7. The molecule has 5 N–H and O–H groups in total. The molecule has 4 aliphatic rings. The number of aliphatic hydroxyl groups excluding tert-OH is 1. The highest BCUT2D eigenvalue weighted by atomic mass is 19.4. The lowest BCUT2D eigenvalue weighted by Crippen LogP contribution is -2.67. The number of primary amides is 1. The van der Waals surface area contributed by atoms with Gasteiger partial charge < -0.3 is 35.8 Å². The van der Waals surface area contributed by atoms with E-state index in [4.69, 9.17) is 5.73 Å². The number of aromatic hydroxyl groups is 1. The number of amides is 2. The Morgan fingerprint density at radius 3 is 2.20 bits per heavy atom. The van der Waals surface area contributed by atoms with Crippen LogP contribution in [-0.4, -0.2) is 108 Å². The minimum atomic E-state index is -4.41. The standard InChI is InChI=1S/C30H34F3N5O8/c1-36(2)17-11-15(28(44)38-7-5-13(6-8-38)30(31,32)33)23(39)19-14(17)9-12-10-16-22(37(3)4)21(35-46)20(27(34)43)26(42)29(16,45)25(41)18(12)24(19)40/h11-13,16,22,39-40,45H,5-10H2,1-4H3,(H2,34,43)/t12-,16-,22-,29-/m0/s1. The van der Waals surface area contributed by atoms with Gasteiger partial charge >= 0.3 is 6.18 Å². The Morgan fingerprint density at radius 1 is 1.09 bits per heavy atom. The predicted octanol–water partition coefficient (Wildman–Crippen LogP) is 1.65. The van der Waals surface area contributed by atoms with Gasteiger partial charge in [-0.1, -0.05) is 0 Å². The van der Waals surface area contributed by atoms with Gasteiger partial charge in [-0.05, 0) is 62.5 Å². The molecule has 1 saturated carbocycles. The molecule has 1 aromatic carbocycles. The number of hydrogen-bond donors (Lipinski definition) is 4. The predicted molar refractivity (Wildman–Crippen MR) is 156 cm³/mol. The zero-order valence-electron chi connectivity index (χ0n) is 25.5. The number of halogens is 3. The van der Waals surface area contributed by atoms with Crippen LogP contribution in [0.25, 0.3) is 5.76 Å². The van der Waals surface area contributed by atoms with Crippen LogP contribution < -0.4 is 10.6 Å². The fourth-order valence-corrected chi connectivity index (χ4v) is 7.54. The first-order valence-corrected chi connectivity index (χ1v) is 14.6. The number of anilines is 1. The van der Waals surface area contributed by atoms with E-state index in [1.54, 1.807) is 19.0 Å². The number of hydrogen-bond acceptors (Lipinski definition) is 11. The van der Waals surface area contributed by atoms with Gasteiger partial charge in [0.1, 0.15) is 22.8 Å². The Morgan fingerprint density at radius 2 is 1.70 bits per heavy atom. The van der Waals surface area contributed by atoms with Crippen LogP contribution in [0.4, 0.5) is 18.9 Å². The van der Waals surface area contributed by atoms with E-state index < -0.39 is 87.3 Å². The summed E-state index contributed by atoms with van der Waals surface area (Å²) in [4.78, 5) is 69.7. The van der Waals surface area contributed by atoms with E-state index in [2.05, 4.69) is 5.18 Å². The number of aliphatic hydroxyl groups is 2. The molecule has 248 valence electrons. The molecule has 2 amide bonds. The summed E-state index contributed by atoms with van der Waals surface area (Å²) in [5.41, 5.74) is 0.676. The van der Waals surface area contributed by atoms with Crippen LogP contribution in [0.2, 0.25) is 0 Å². The Hall–Kier alpha value is -4.31. The number of likely N-dealkylation sites (N-methyl/N-ethyl adjacent to an activating group) is 1. The largest absolute Gasteiger partial charge is 0.507 e. The van der Waals surface area contributed by atoms with Crippen LogP contribution in [0.1, 0.15) is 40.7 Å². The summed E-state index contributed by atoms with van der Waals surface area (Å²) in [5.74, 6) is -10.1. The molecule has 16 heteroatoms. The molecule has 0 aromatic heterocycles. The van der Waals surface area contributed by atoms with E-state index in [1.165, 1.54) is 30.0 Å². The molecule has 0 unspecified atom stereocenters. The molecule has 1 aromatic rings. The van der Waals surface area contributed by atoms with Crippen molar-refractivity contribution in [2.24, 2.45) is 28.7 Å². The third-order valence-electron chi connectivity index (χ3n) is 9.75. The van der Waals surface area contributed by atoms with Crippen molar-refractivity contribution >= 4 is 34.8 Å². The molecule has 2 fully saturated rings. The Kier molecular flexibility index (Phi) is 8.04. The maximum Gasteiger partial charge on any atom is 0.391 e. The highest BCUT2D eigenvalue weighted by Gasteiger charge is 2.65. The third kappa shape index (κ3) is 4.76. The molecular weight excluding hydrogens is 615 g/mol. The zero-order chi connectivity index (χ0) is 34.2. The summed E-state index contributed by atoms with van der Waals surface area (Å²) in [7, 11) is 6.27. The first-order chi connectivity index (χ1) is 21.4. The molecule has 3 aliphatic carbocycles. The van der Waals surface area contributed by atoms with E-state index in [0.29, 0.717) is 11.3 Å². The quantitative estimate of drug-likeness (QED) is 0.207. The summed E-state index contributed by atoms with van der Waals surface area (Å²) >= 11 is 0. The lowest BCUT2D eigenvalue weighted by molar-refractivity contribution is -0.183. The number of benzene rings is 1. The van der Waals surface area contributed by atoms with Crippen molar-refractivity contribution in [3.63, 3.8) is 0 Å². The average Bonchev–Trinajstić information content (AvgIpc) is 2.97. The second-order valence-electron chi connectivity index (χ2n) is 12.7. The molecule has 0 radical (unpaired) electrons. The van der Waals surface area contributed by atoms with Crippen LogP contribution in [0.3, 0.4) is 0 Å². The van der Waals surface area contributed by atoms with Crippen molar-refractivity contribution in [2.75, 3.05) is 46.2 Å². The number of carbonyl (C=O) groups is 4. The number of rotatable bonds is 5. The molecule has 46 heavy (non-hydrogen) atoms. The topological polar surface area (TPSA) is 194 Å². The molecule has 1 heterocycles. The first-order valence-electron chi connectivity index (χ1n) is 14.6. The molecular formula is C30H34F3N5O8. The first kappa shape index (κ1) is 33.1. The van der Waals surface area contributed by atoms with Crippen molar-refractivity contribution in [1.82, 2.24) is 9.80 Å². The van der Waals surface area contributed by atoms with Gasteiger partial charge in [-0.2, -0.15) is 13.2 Å². The number of phenols is 1. The highest BCUT2D eigenvalue weighted by molar-refractivity contribution is 6.33. The van der Waals surface area contributed by atoms with Gasteiger partial charge in [-0.15, -0.1) is 4.91 Å². The highest BCUT2D eigenvalue weighted by Crippen LogP contribution is 2.54. The normalized spacial score (nSPS) is 27.0. The molecule has 1 saturated heterocycles. The van der Waals surface area contributed by atoms with Gasteiger partial charge in [0.25, 0.3) is 11.8 Å². The van der Waals surface area contributed by atoms with E-state index in [-0.39, 0.29) is 49.9 Å². The van der Waals surface area contributed by atoms with Crippen molar-refractivity contribution in [3.8, 4) is 5.75 Å². The minimum Gasteiger partial charge on any atom is -0.507 e. The van der Waals surface area contributed by atoms with E-state index in [9.17, 15) is 52.6 Å². The van der Waals surface area contributed by atoms with Crippen LogP contribution in [0.5, 0.6) is 5.75 Å². The summed E-state index contributed by atoms with van der Waals surface area (Å²) in [6.45, 7) is -0.442. The van der Waals surface area contributed by atoms with Gasteiger partial charge in [0.2, 0.25) is 11.6 Å². The SMILES string of the molecule is CN(C)c1cc(C(=O)N2CCC(C(F)(F)F)CC2)c(O)c2c1C[C@H]1C[C@H]3[C@H](N(C)C)C(N=O)=C(C(N)=O)C(=O)[C@@]3(O)C(=O)C1=C2O. The molecule has 5 rings (SSSR count). The van der Waals surface area contributed by atoms with Crippen LogP contribution in [0, 0.1) is 22.7 Å². The van der Waals surface area contributed by atoms with Gasteiger partial charge in [-0.3, -0.25) is 19.2 Å². The van der Waals surface area contributed by atoms with Crippen molar-refractivity contribution < 1.29 is 47.7 Å². The Labute approximate surface area is 261 Å².